The highest BCUT2D eigenvalue weighted by Gasteiger charge is 2.19. The highest BCUT2D eigenvalue weighted by atomic mass is 32.2. The van der Waals surface area contributed by atoms with Crippen molar-refractivity contribution in [3.05, 3.63) is 33.9 Å². The second-order valence-electron chi connectivity index (χ2n) is 4.53. The van der Waals surface area contributed by atoms with E-state index < -0.39 is 16.9 Å². The SMILES string of the molecule is COC(=O)C[C@@H](N)c1cc([N+](=O)[O-])ccc1SC(C)C. The third-order valence-corrected chi connectivity index (χ3v) is 3.68. The van der Waals surface area contributed by atoms with Gasteiger partial charge in [0, 0.05) is 28.3 Å². The molecule has 1 rings (SSSR count). The zero-order valence-corrected chi connectivity index (χ0v) is 12.5. The van der Waals surface area contributed by atoms with E-state index in [1.54, 1.807) is 17.8 Å². The highest BCUT2D eigenvalue weighted by molar-refractivity contribution is 8.00. The molecule has 0 bridgehead atoms. The third-order valence-electron chi connectivity index (χ3n) is 2.58. The van der Waals surface area contributed by atoms with E-state index in [9.17, 15) is 14.9 Å². The number of nitrogens with zero attached hydrogens (tertiary/aromatic N) is 1. The maximum atomic E-state index is 11.3. The first kappa shape index (κ1) is 16.5. The minimum Gasteiger partial charge on any atom is -0.469 e. The maximum absolute atomic E-state index is 11.3. The number of nitro groups is 1. The van der Waals surface area contributed by atoms with E-state index in [1.807, 2.05) is 13.8 Å². The number of carbonyl (C=O) groups is 1. The van der Waals surface area contributed by atoms with E-state index in [0.29, 0.717) is 10.8 Å². The number of nitro benzene ring substituents is 1. The van der Waals surface area contributed by atoms with Crippen molar-refractivity contribution in [2.24, 2.45) is 5.73 Å². The Bertz CT molecular complexity index is 505. The molecule has 110 valence electrons. The van der Waals surface area contributed by atoms with Gasteiger partial charge in [-0.2, -0.15) is 0 Å². The average Bonchev–Trinajstić information content (AvgIpc) is 2.37. The highest BCUT2D eigenvalue weighted by Crippen LogP contribution is 2.33. The lowest BCUT2D eigenvalue weighted by Gasteiger charge is -2.16. The molecule has 0 aliphatic heterocycles. The van der Waals surface area contributed by atoms with Gasteiger partial charge in [-0.15, -0.1) is 11.8 Å². The number of carbonyl (C=O) groups excluding carboxylic acids is 1. The van der Waals surface area contributed by atoms with Gasteiger partial charge in [0.2, 0.25) is 0 Å². The van der Waals surface area contributed by atoms with Crippen LogP contribution in [0, 0.1) is 10.1 Å². The summed E-state index contributed by atoms with van der Waals surface area (Å²) in [7, 11) is 1.28. The zero-order valence-electron chi connectivity index (χ0n) is 11.7. The molecular weight excluding hydrogens is 280 g/mol. The number of hydrogen-bond acceptors (Lipinski definition) is 6. The lowest BCUT2D eigenvalue weighted by atomic mass is 10.0. The number of nitrogens with two attached hydrogens (primary N) is 1. The molecule has 0 saturated carbocycles. The molecule has 1 atom stereocenters. The zero-order chi connectivity index (χ0) is 15.3. The van der Waals surface area contributed by atoms with Crippen LogP contribution in [0.5, 0.6) is 0 Å². The van der Waals surface area contributed by atoms with Crippen LogP contribution in [0.1, 0.15) is 31.9 Å². The number of non-ortho nitro benzene ring substituents is 1. The Kier molecular flexibility index (Phi) is 5.97. The van der Waals surface area contributed by atoms with E-state index in [2.05, 4.69) is 4.74 Å². The van der Waals surface area contributed by atoms with Crippen molar-refractivity contribution in [3.8, 4) is 0 Å². The predicted octanol–water partition coefficient (Wildman–Crippen LogP) is 2.66. The van der Waals surface area contributed by atoms with Gasteiger partial charge in [0.05, 0.1) is 18.5 Å². The number of ether oxygens (including phenoxy) is 1. The monoisotopic (exact) mass is 298 g/mol. The van der Waals surface area contributed by atoms with Gasteiger partial charge in [0.1, 0.15) is 0 Å². The fourth-order valence-electron chi connectivity index (χ4n) is 1.67. The molecule has 0 unspecified atom stereocenters. The maximum Gasteiger partial charge on any atom is 0.307 e. The number of rotatable bonds is 6. The van der Waals surface area contributed by atoms with Gasteiger partial charge in [-0.3, -0.25) is 14.9 Å². The summed E-state index contributed by atoms with van der Waals surface area (Å²) in [6.45, 7) is 4.03. The van der Waals surface area contributed by atoms with Gasteiger partial charge < -0.3 is 10.5 Å². The molecule has 7 heteroatoms. The summed E-state index contributed by atoms with van der Waals surface area (Å²) < 4.78 is 4.58. The van der Waals surface area contributed by atoms with Crippen molar-refractivity contribution in [2.45, 2.75) is 36.5 Å². The Balaban J connectivity index is 3.12. The fraction of sp³-hybridized carbons (Fsp3) is 0.462. The first-order valence-electron chi connectivity index (χ1n) is 6.12. The fourth-order valence-corrected chi connectivity index (χ4v) is 2.67. The van der Waals surface area contributed by atoms with E-state index in [1.165, 1.54) is 19.2 Å². The summed E-state index contributed by atoms with van der Waals surface area (Å²) in [5.41, 5.74) is 6.55. The number of hydrogen-bond donors (Lipinski definition) is 1. The summed E-state index contributed by atoms with van der Waals surface area (Å²) in [6.07, 6.45) is -0.0106. The predicted molar refractivity (Wildman–Crippen MR) is 77.7 cm³/mol. The van der Waals surface area contributed by atoms with E-state index in [0.717, 1.165) is 4.90 Å². The Morgan fingerprint density at radius 1 is 1.50 bits per heavy atom. The van der Waals surface area contributed by atoms with Gasteiger partial charge in [-0.25, -0.2) is 0 Å². The molecule has 0 aliphatic carbocycles. The first-order chi connectivity index (χ1) is 9.35. The molecule has 0 spiro atoms. The molecule has 1 aromatic carbocycles. The van der Waals surface area contributed by atoms with E-state index in [4.69, 9.17) is 5.73 Å². The number of esters is 1. The van der Waals surface area contributed by atoms with E-state index in [-0.39, 0.29) is 12.1 Å². The van der Waals surface area contributed by atoms with Crippen molar-refractivity contribution in [1.29, 1.82) is 0 Å². The third kappa shape index (κ3) is 4.50. The molecular formula is C13H18N2O4S. The molecule has 20 heavy (non-hydrogen) atoms. The molecule has 0 radical (unpaired) electrons. The van der Waals surface area contributed by atoms with Crippen molar-refractivity contribution in [3.63, 3.8) is 0 Å². The van der Waals surface area contributed by atoms with E-state index >= 15 is 0 Å². The van der Waals surface area contributed by atoms with Crippen LogP contribution < -0.4 is 5.73 Å². The molecule has 0 fully saturated rings. The van der Waals surface area contributed by atoms with Gasteiger partial charge in [-0.1, -0.05) is 13.8 Å². The van der Waals surface area contributed by atoms with Crippen LogP contribution in [0.3, 0.4) is 0 Å². The quantitative estimate of drug-likeness (QED) is 0.375. The topological polar surface area (TPSA) is 95.5 Å². The lowest BCUT2D eigenvalue weighted by molar-refractivity contribution is -0.385. The van der Waals surface area contributed by atoms with Gasteiger partial charge in [0.25, 0.3) is 5.69 Å². The summed E-state index contributed by atoms with van der Waals surface area (Å²) in [5, 5.41) is 11.2. The number of benzene rings is 1. The molecule has 1 aromatic rings. The normalized spacial score (nSPS) is 12.2. The molecule has 2 N–H and O–H groups in total. The molecule has 6 nitrogen and oxygen atoms in total. The molecule has 0 saturated heterocycles. The molecule has 0 aliphatic rings. The minimum atomic E-state index is -0.622. The summed E-state index contributed by atoms with van der Waals surface area (Å²) in [5.74, 6) is -0.440. The molecule has 0 heterocycles. The van der Waals surface area contributed by atoms with Gasteiger partial charge in [0.15, 0.2) is 0 Å². The van der Waals surface area contributed by atoms with Crippen LogP contribution in [-0.4, -0.2) is 23.3 Å². The molecule has 0 aromatic heterocycles. The standard InChI is InChI=1S/C13H18N2O4S/c1-8(2)20-12-5-4-9(15(17)18)6-10(12)11(14)7-13(16)19-3/h4-6,8,11H,7,14H2,1-3H3/t11-/m1/s1. The first-order valence-corrected chi connectivity index (χ1v) is 7.00. The summed E-state index contributed by atoms with van der Waals surface area (Å²) in [4.78, 5) is 22.5. The van der Waals surface area contributed by atoms with Crippen LogP contribution in [0.25, 0.3) is 0 Å². The largest absolute Gasteiger partial charge is 0.469 e. The van der Waals surface area contributed by atoms with Crippen LogP contribution in [-0.2, 0) is 9.53 Å². The second kappa shape index (κ2) is 7.25. The summed E-state index contributed by atoms with van der Waals surface area (Å²) >= 11 is 1.55. The number of methoxy groups -OCH3 is 1. The van der Waals surface area contributed by atoms with Crippen LogP contribution in [0.4, 0.5) is 5.69 Å². The Labute approximate surface area is 121 Å². The van der Waals surface area contributed by atoms with Crippen molar-refractivity contribution < 1.29 is 14.5 Å². The average molecular weight is 298 g/mol. The van der Waals surface area contributed by atoms with Crippen molar-refractivity contribution in [1.82, 2.24) is 0 Å². The minimum absolute atomic E-state index is 0.0106. The number of thioether (sulfide) groups is 1. The summed E-state index contributed by atoms with van der Waals surface area (Å²) in [6, 6.07) is 3.93. The lowest BCUT2D eigenvalue weighted by Crippen LogP contribution is -2.17. The van der Waals surface area contributed by atoms with Crippen LogP contribution in [0.2, 0.25) is 0 Å². The van der Waals surface area contributed by atoms with Crippen molar-refractivity contribution >= 4 is 23.4 Å². The Morgan fingerprint density at radius 3 is 2.65 bits per heavy atom. The van der Waals surface area contributed by atoms with Gasteiger partial charge in [-0.05, 0) is 11.6 Å². The Hall–Kier alpha value is -1.60. The van der Waals surface area contributed by atoms with Crippen LogP contribution in [0.15, 0.2) is 23.1 Å². The van der Waals surface area contributed by atoms with Crippen molar-refractivity contribution in [2.75, 3.05) is 7.11 Å². The Morgan fingerprint density at radius 2 is 2.15 bits per heavy atom. The van der Waals surface area contributed by atoms with Crippen LogP contribution >= 0.6 is 11.8 Å². The smallest absolute Gasteiger partial charge is 0.307 e. The second-order valence-corrected chi connectivity index (χ2v) is 6.15. The molecule has 0 amide bonds. The van der Waals surface area contributed by atoms with Gasteiger partial charge >= 0.3 is 5.97 Å².